The van der Waals surface area contributed by atoms with Crippen LogP contribution in [0.2, 0.25) is 0 Å². The van der Waals surface area contributed by atoms with Crippen LogP contribution in [0.25, 0.3) is 11.1 Å². The zero-order chi connectivity index (χ0) is 26.2. The zero-order valence-electron chi connectivity index (χ0n) is 21.2. The average Bonchev–Trinajstić information content (AvgIpc) is 3.22. The summed E-state index contributed by atoms with van der Waals surface area (Å²) < 4.78 is 0. The molecular weight excluding hydrogens is 454 g/mol. The number of carbonyl (C=O) groups is 4. The van der Waals surface area contributed by atoms with E-state index in [1.54, 1.807) is 48.5 Å². The molecule has 0 radical (unpaired) electrons. The first kappa shape index (κ1) is 23.6. The lowest BCUT2D eigenvalue weighted by molar-refractivity contribution is 0.0507. The number of rotatable bonds is 2. The van der Waals surface area contributed by atoms with Gasteiger partial charge in [-0.15, -0.1) is 0 Å². The number of aromatic nitrogens is 1. The standard InChI is InChI=1S/C29H27N3O4/c1-28(2,3)22-8-7-9-23(30-22)31-24(33)18-12-10-16(14-20(18)25(31)34)17-11-13-19-21(15-17)27(36)32(26(19)35)29(4,5)6/h7-15H,1-6H3. The van der Waals surface area contributed by atoms with Crippen LogP contribution in [0.3, 0.4) is 0 Å². The first-order valence-corrected chi connectivity index (χ1v) is 11.8. The van der Waals surface area contributed by atoms with Crippen LogP contribution in [0.5, 0.6) is 0 Å². The Morgan fingerprint density at radius 1 is 0.611 bits per heavy atom. The van der Waals surface area contributed by atoms with E-state index in [9.17, 15) is 19.2 Å². The molecule has 0 fully saturated rings. The Bertz CT molecular complexity index is 1490. The quantitative estimate of drug-likeness (QED) is 0.467. The van der Waals surface area contributed by atoms with Gasteiger partial charge in [0.15, 0.2) is 0 Å². The Hall–Kier alpha value is -4.13. The topological polar surface area (TPSA) is 87.7 Å². The number of hydrogen-bond acceptors (Lipinski definition) is 5. The van der Waals surface area contributed by atoms with Crippen LogP contribution in [0.15, 0.2) is 54.6 Å². The van der Waals surface area contributed by atoms with Gasteiger partial charge in [0, 0.05) is 16.6 Å². The SMILES string of the molecule is CC(C)(C)c1cccc(N2C(=O)c3ccc(-c4ccc5c(c4)C(=O)N(C(C)(C)C)C5=O)cc3C2=O)n1. The average molecular weight is 482 g/mol. The number of anilines is 1. The lowest BCUT2D eigenvalue weighted by Gasteiger charge is -2.29. The van der Waals surface area contributed by atoms with Crippen molar-refractivity contribution >= 4 is 29.4 Å². The van der Waals surface area contributed by atoms with Crippen LogP contribution >= 0.6 is 0 Å². The predicted octanol–water partition coefficient (Wildman–Crippen LogP) is 5.24. The molecule has 3 heterocycles. The summed E-state index contributed by atoms with van der Waals surface area (Å²) in [6, 6.07) is 15.4. The molecule has 36 heavy (non-hydrogen) atoms. The van der Waals surface area contributed by atoms with E-state index in [1.807, 2.05) is 47.6 Å². The maximum Gasteiger partial charge on any atom is 0.267 e. The third-order valence-electron chi connectivity index (χ3n) is 6.51. The van der Waals surface area contributed by atoms with E-state index >= 15 is 0 Å². The van der Waals surface area contributed by atoms with Gasteiger partial charge in [-0.2, -0.15) is 0 Å². The van der Waals surface area contributed by atoms with Crippen molar-refractivity contribution < 1.29 is 19.2 Å². The van der Waals surface area contributed by atoms with E-state index < -0.39 is 17.4 Å². The first-order valence-electron chi connectivity index (χ1n) is 11.8. The molecule has 3 aromatic rings. The molecule has 2 aromatic carbocycles. The van der Waals surface area contributed by atoms with E-state index in [2.05, 4.69) is 4.98 Å². The van der Waals surface area contributed by atoms with Crippen LogP contribution in [-0.2, 0) is 5.41 Å². The van der Waals surface area contributed by atoms with E-state index in [1.165, 1.54) is 4.90 Å². The summed E-state index contributed by atoms with van der Waals surface area (Å²) in [4.78, 5) is 59.3. The molecule has 182 valence electrons. The second kappa shape index (κ2) is 7.68. The molecule has 5 rings (SSSR count). The Balaban J connectivity index is 1.52. The maximum atomic E-state index is 13.3. The second-order valence-electron chi connectivity index (χ2n) is 11.2. The Morgan fingerprint density at radius 3 is 1.67 bits per heavy atom. The number of pyridine rings is 1. The van der Waals surface area contributed by atoms with Crippen molar-refractivity contribution in [3.05, 3.63) is 82.5 Å². The summed E-state index contributed by atoms with van der Waals surface area (Å²) in [6.45, 7) is 11.5. The summed E-state index contributed by atoms with van der Waals surface area (Å²) in [7, 11) is 0. The number of imide groups is 2. The monoisotopic (exact) mass is 481 g/mol. The summed E-state index contributed by atoms with van der Waals surface area (Å²) in [5.41, 5.74) is 2.52. The van der Waals surface area contributed by atoms with Crippen LogP contribution in [0, 0.1) is 0 Å². The molecule has 0 saturated carbocycles. The third kappa shape index (κ3) is 3.54. The molecule has 0 unspecified atom stereocenters. The lowest BCUT2D eigenvalue weighted by atomic mass is 9.92. The Morgan fingerprint density at radius 2 is 1.11 bits per heavy atom. The fourth-order valence-corrected chi connectivity index (χ4v) is 4.62. The lowest BCUT2D eigenvalue weighted by Crippen LogP contribution is -2.45. The van der Waals surface area contributed by atoms with Gasteiger partial charge in [0.2, 0.25) is 0 Å². The molecule has 0 N–H and O–H groups in total. The molecule has 7 heteroatoms. The molecule has 4 amide bonds. The highest BCUT2D eigenvalue weighted by Gasteiger charge is 2.42. The summed E-state index contributed by atoms with van der Waals surface area (Å²) in [6.07, 6.45) is 0. The number of benzene rings is 2. The van der Waals surface area contributed by atoms with Crippen molar-refractivity contribution in [2.75, 3.05) is 4.90 Å². The second-order valence-corrected chi connectivity index (χ2v) is 11.2. The molecule has 0 spiro atoms. The van der Waals surface area contributed by atoms with E-state index in [0.717, 1.165) is 10.6 Å². The van der Waals surface area contributed by atoms with Crippen LogP contribution in [0.4, 0.5) is 5.82 Å². The van der Waals surface area contributed by atoms with Crippen molar-refractivity contribution in [1.29, 1.82) is 0 Å². The van der Waals surface area contributed by atoms with Gasteiger partial charge in [0.25, 0.3) is 23.6 Å². The van der Waals surface area contributed by atoms with Crippen LogP contribution in [0.1, 0.15) is 88.7 Å². The Labute approximate surface area is 209 Å². The third-order valence-corrected chi connectivity index (χ3v) is 6.51. The van der Waals surface area contributed by atoms with Crippen molar-refractivity contribution in [1.82, 2.24) is 9.88 Å². The molecular formula is C29H27N3O4. The summed E-state index contributed by atoms with van der Waals surface area (Å²) in [5, 5.41) is 0. The van der Waals surface area contributed by atoms with Gasteiger partial charge in [-0.3, -0.25) is 24.1 Å². The van der Waals surface area contributed by atoms with Crippen molar-refractivity contribution in [2.45, 2.75) is 52.5 Å². The van der Waals surface area contributed by atoms with Crippen molar-refractivity contribution in [3.8, 4) is 11.1 Å². The van der Waals surface area contributed by atoms with Gasteiger partial charge in [-0.1, -0.05) is 39.0 Å². The minimum atomic E-state index is -0.643. The minimum absolute atomic E-state index is 0.239. The highest BCUT2D eigenvalue weighted by atomic mass is 16.2. The number of amides is 4. The molecule has 2 aliphatic heterocycles. The zero-order valence-corrected chi connectivity index (χ0v) is 21.2. The molecule has 0 saturated heterocycles. The molecule has 2 aliphatic rings. The number of carbonyl (C=O) groups excluding carboxylic acids is 4. The van der Waals surface area contributed by atoms with Gasteiger partial charge in [0.05, 0.1) is 22.3 Å². The number of nitrogens with zero attached hydrogens (tertiary/aromatic N) is 3. The van der Waals surface area contributed by atoms with Gasteiger partial charge >= 0.3 is 0 Å². The Kier molecular flexibility index (Phi) is 5.04. The molecule has 0 aliphatic carbocycles. The van der Waals surface area contributed by atoms with E-state index in [0.29, 0.717) is 33.6 Å². The largest absolute Gasteiger partial charge is 0.269 e. The predicted molar refractivity (Wildman–Crippen MR) is 136 cm³/mol. The van der Waals surface area contributed by atoms with Crippen LogP contribution < -0.4 is 4.90 Å². The number of hydrogen-bond donors (Lipinski definition) is 0. The molecule has 0 bridgehead atoms. The fraction of sp³-hybridized carbons (Fsp3) is 0.276. The highest BCUT2D eigenvalue weighted by molar-refractivity contribution is 6.34. The minimum Gasteiger partial charge on any atom is -0.269 e. The highest BCUT2D eigenvalue weighted by Crippen LogP contribution is 2.35. The molecule has 0 atom stereocenters. The van der Waals surface area contributed by atoms with Crippen molar-refractivity contribution in [3.63, 3.8) is 0 Å². The summed E-state index contributed by atoms with van der Waals surface area (Å²) >= 11 is 0. The first-order chi connectivity index (χ1) is 16.8. The van der Waals surface area contributed by atoms with Crippen molar-refractivity contribution in [2.24, 2.45) is 0 Å². The molecule has 7 nitrogen and oxygen atoms in total. The smallest absolute Gasteiger partial charge is 0.267 e. The van der Waals surface area contributed by atoms with Gasteiger partial charge in [-0.05, 0) is 68.3 Å². The van der Waals surface area contributed by atoms with Crippen LogP contribution in [-0.4, -0.2) is 39.1 Å². The number of fused-ring (bicyclic) bond motifs is 2. The van der Waals surface area contributed by atoms with Gasteiger partial charge in [0.1, 0.15) is 5.82 Å². The van der Waals surface area contributed by atoms with E-state index in [4.69, 9.17) is 0 Å². The maximum absolute atomic E-state index is 13.3. The van der Waals surface area contributed by atoms with Gasteiger partial charge in [-0.25, -0.2) is 9.88 Å². The van der Waals surface area contributed by atoms with Gasteiger partial charge < -0.3 is 0 Å². The normalized spacial score (nSPS) is 15.6. The fourth-order valence-electron chi connectivity index (χ4n) is 4.62. The van der Waals surface area contributed by atoms with E-state index in [-0.39, 0.29) is 22.8 Å². The molecule has 1 aromatic heterocycles. The summed E-state index contributed by atoms with van der Waals surface area (Å²) in [5.74, 6) is -1.23.